The molecule has 2 aromatic carbocycles. The number of fused-ring (bicyclic) bond motifs is 1. The van der Waals surface area contributed by atoms with E-state index >= 15 is 0 Å². The van der Waals surface area contributed by atoms with Crippen LogP contribution in [0.5, 0.6) is 0 Å². The van der Waals surface area contributed by atoms with Crippen LogP contribution in [0.4, 0.5) is 5.69 Å². The second-order valence-electron chi connectivity index (χ2n) is 6.42. The minimum Gasteiger partial charge on any atom is -0.372 e. The van der Waals surface area contributed by atoms with Crippen molar-refractivity contribution in [2.45, 2.75) is 26.7 Å². The summed E-state index contributed by atoms with van der Waals surface area (Å²) in [6.45, 7) is 6.47. The van der Waals surface area contributed by atoms with Gasteiger partial charge in [-0.3, -0.25) is 4.79 Å². The van der Waals surface area contributed by atoms with Gasteiger partial charge < -0.3 is 9.88 Å². The van der Waals surface area contributed by atoms with Gasteiger partial charge in [-0.25, -0.2) is 0 Å². The largest absolute Gasteiger partial charge is 0.372 e. The quantitative estimate of drug-likeness (QED) is 0.483. The topological polar surface area (TPSA) is 53.4 Å². The third kappa shape index (κ3) is 4.34. The van der Waals surface area contributed by atoms with Gasteiger partial charge in [0.25, 0.3) is 5.56 Å². The number of anilines is 1. The fourth-order valence-corrected chi connectivity index (χ4v) is 3.30. The Balaban J connectivity index is 1.87. The van der Waals surface area contributed by atoms with Crippen molar-refractivity contribution < 1.29 is 0 Å². The molecule has 0 unspecified atom stereocenters. The number of nitrogens with one attached hydrogen (secondary N) is 1. The van der Waals surface area contributed by atoms with Crippen LogP contribution in [0.3, 0.4) is 0 Å². The third-order valence-electron chi connectivity index (χ3n) is 4.35. The van der Waals surface area contributed by atoms with Gasteiger partial charge in [0.2, 0.25) is 4.77 Å². The van der Waals surface area contributed by atoms with Crippen molar-refractivity contribution in [3.05, 3.63) is 69.2 Å². The highest BCUT2D eigenvalue weighted by Crippen LogP contribution is 2.15. The zero-order valence-electron chi connectivity index (χ0n) is 15.7. The van der Waals surface area contributed by atoms with Gasteiger partial charge in [-0.1, -0.05) is 38.1 Å². The minimum absolute atomic E-state index is 0.223. The monoisotopic (exact) mass is 380 g/mol. The Morgan fingerprint density at radius 3 is 2.41 bits per heavy atom. The Bertz CT molecular complexity index is 1040. The van der Waals surface area contributed by atoms with E-state index in [1.807, 2.05) is 30.3 Å². The standard InChI is InChI=1S/C21H24N4OS/c1-3-13-24(14-4-2)17-11-9-16(10-12-17)15-22-25-20(26)18-7-5-6-8-19(18)23-21(25)27/h5-12,15H,3-4,13-14H2,1-2H3,(H,23,27)/b22-15-. The van der Waals surface area contributed by atoms with Crippen molar-refractivity contribution in [1.82, 2.24) is 9.66 Å². The average Bonchev–Trinajstić information content (AvgIpc) is 2.68. The summed E-state index contributed by atoms with van der Waals surface area (Å²) in [4.78, 5) is 18.0. The van der Waals surface area contributed by atoms with Crippen LogP contribution in [0, 0.1) is 4.77 Å². The van der Waals surface area contributed by atoms with Gasteiger partial charge in [0.15, 0.2) is 0 Å². The summed E-state index contributed by atoms with van der Waals surface area (Å²) >= 11 is 5.28. The molecule has 0 saturated heterocycles. The predicted molar refractivity (Wildman–Crippen MR) is 116 cm³/mol. The molecule has 0 amide bonds. The third-order valence-corrected chi connectivity index (χ3v) is 4.63. The molecule has 0 bridgehead atoms. The van der Waals surface area contributed by atoms with E-state index in [4.69, 9.17) is 12.2 Å². The molecule has 140 valence electrons. The zero-order chi connectivity index (χ0) is 19.2. The van der Waals surface area contributed by atoms with E-state index < -0.39 is 0 Å². The molecule has 3 rings (SSSR count). The molecule has 3 aromatic rings. The maximum Gasteiger partial charge on any atom is 0.282 e. The molecule has 1 aromatic heterocycles. The number of H-pyrrole nitrogens is 1. The number of hydrogen-bond acceptors (Lipinski definition) is 4. The fraction of sp³-hybridized carbons (Fsp3) is 0.286. The second-order valence-corrected chi connectivity index (χ2v) is 6.80. The zero-order valence-corrected chi connectivity index (χ0v) is 16.5. The molecule has 1 N–H and O–H groups in total. The van der Waals surface area contributed by atoms with Gasteiger partial charge >= 0.3 is 0 Å². The molecule has 0 fully saturated rings. The van der Waals surface area contributed by atoms with Crippen LogP contribution in [0.15, 0.2) is 58.4 Å². The van der Waals surface area contributed by atoms with Crippen molar-refractivity contribution in [1.29, 1.82) is 0 Å². The highest BCUT2D eigenvalue weighted by molar-refractivity contribution is 7.71. The molecule has 0 aliphatic carbocycles. The lowest BCUT2D eigenvalue weighted by Crippen LogP contribution is -2.24. The lowest BCUT2D eigenvalue weighted by Gasteiger charge is -2.23. The minimum atomic E-state index is -0.223. The van der Waals surface area contributed by atoms with Crippen molar-refractivity contribution in [2.75, 3.05) is 18.0 Å². The second kappa shape index (κ2) is 8.77. The van der Waals surface area contributed by atoms with E-state index in [2.05, 4.69) is 41.0 Å². The highest BCUT2D eigenvalue weighted by atomic mass is 32.1. The molecule has 0 radical (unpaired) electrons. The number of hydrogen-bond donors (Lipinski definition) is 1. The first-order valence-electron chi connectivity index (χ1n) is 9.27. The summed E-state index contributed by atoms with van der Waals surface area (Å²) in [5.74, 6) is 0. The SMILES string of the molecule is CCCN(CCC)c1ccc(/C=N\n2c(=S)[nH]c3ccccc3c2=O)cc1. The Hall–Kier alpha value is -2.73. The number of rotatable bonds is 7. The predicted octanol–water partition coefficient (Wildman–Crippen LogP) is 4.57. The average molecular weight is 381 g/mol. The summed E-state index contributed by atoms with van der Waals surface area (Å²) in [6.07, 6.45) is 3.89. The number of aromatic nitrogens is 2. The van der Waals surface area contributed by atoms with Crippen molar-refractivity contribution in [3.63, 3.8) is 0 Å². The molecule has 0 saturated carbocycles. The fourth-order valence-electron chi connectivity index (χ4n) is 3.06. The van der Waals surface area contributed by atoms with E-state index in [-0.39, 0.29) is 10.3 Å². The van der Waals surface area contributed by atoms with Crippen LogP contribution in [0.1, 0.15) is 32.3 Å². The van der Waals surface area contributed by atoms with E-state index in [9.17, 15) is 4.79 Å². The summed E-state index contributed by atoms with van der Waals surface area (Å²) in [6, 6.07) is 15.5. The van der Waals surface area contributed by atoms with Crippen LogP contribution < -0.4 is 10.5 Å². The van der Waals surface area contributed by atoms with Crippen molar-refractivity contribution in [2.24, 2.45) is 5.10 Å². The van der Waals surface area contributed by atoms with E-state index in [0.717, 1.165) is 37.0 Å². The molecule has 0 aliphatic heterocycles. The summed E-state index contributed by atoms with van der Waals surface area (Å²) in [7, 11) is 0. The van der Waals surface area contributed by atoms with Crippen LogP contribution in [0.2, 0.25) is 0 Å². The Kier molecular flexibility index (Phi) is 6.19. The molecule has 5 nitrogen and oxygen atoms in total. The first-order valence-corrected chi connectivity index (χ1v) is 9.68. The molecule has 0 atom stereocenters. The van der Waals surface area contributed by atoms with Gasteiger partial charge in [-0.2, -0.15) is 9.78 Å². The lowest BCUT2D eigenvalue weighted by atomic mass is 10.2. The smallest absolute Gasteiger partial charge is 0.282 e. The Morgan fingerprint density at radius 1 is 1.07 bits per heavy atom. The summed E-state index contributed by atoms with van der Waals surface area (Å²) in [5, 5.41) is 4.87. The van der Waals surface area contributed by atoms with Crippen LogP contribution in [-0.2, 0) is 0 Å². The van der Waals surface area contributed by atoms with E-state index in [1.165, 1.54) is 10.4 Å². The van der Waals surface area contributed by atoms with Gasteiger partial charge in [-0.15, -0.1) is 0 Å². The van der Waals surface area contributed by atoms with Crippen LogP contribution in [-0.4, -0.2) is 29.0 Å². The van der Waals surface area contributed by atoms with Crippen molar-refractivity contribution >= 4 is 35.0 Å². The number of para-hydroxylation sites is 1. The molecule has 0 aliphatic rings. The first kappa shape index (κ1) is 19.0. The number of benzene rings is 2. The van der Waals surface area contributed by atoms with Crippen LogP contribution >= 0.6 is 12.2 Å². The van der Waals surface area contributed by atoms with Crippen LogP contribution in [0.25, 0.3) is 10.9 Å². The van der Waals surface area contributed by atoms with Gasteiger partial charge in [0, 0.05) is 18.8 Å². The summed E-state index contributed by atoms with van der Waals surface area (Å²) < 4.78 is 1.51. The molecular formula is C21H24N4OS. The molecule has 1 heterocycles. The lowest BCUT2D eigenvalue weighted by molar-refractivity contribution is 0.745. The van der Waals surface area contributed by atoms with E-state index in [0.29, 0.717) is 5.39 Å². The Labute approximate surface area is 164 Å². The Morgan fingerprint density at radius 2 is 1.74 bits per heavy atom. The summed E-state index contributed by atoms with van der Waals surface area (Å²) in [5.41, 5.74) is 2.62. The molecular weight excluding hydrogens is 356 g/mol. The normalized spacial score (nSPS) is 11.3. The highest BCUT2D eigenvalue weighted by Gasteiger charge is 2.05. The maximum atomic E-state index is 12.6. The number of nitrogens with zero attached hydrogens (tertiary/aromatic N) is 3. The van der Waals surface area contributed by atoms with E-state index in [1.54, 1.807) is 12.3 Å². The molecule has 6 heteroatoms. The first-order chi connectivity index (χ1) is 13.1. The van der Waals surface area contributed by atoms with Gasteiger partial charge in [0.05, 0.1) is 17.1 Å². The molecule has 27 heavy (non-hydrogen) atoms. The number of aromatic amines is 1. The van der Waals surface area contributed by atoms with Gasteiger partial charge in [0.1, 0.15) is 0 Å². The molecule has 0 spiro atoms. The van der Waals surface area contributed by atoms with Gasteiger partial charge in [-0.05, 0) is 54.9 Å². The maximum absolute atomic E-state index is 12.6. The van der Waals surface area contributed by atoms with Crippen molar-refractivity contribution in [3.8, 4) is 0 Å².